The minimum absolute atomic E-state index is 0.0200. The predicted octanol–water partition coefficient (Wildman–Crippen LogP) is 1.01. The summed E-state index contributed by atoms with van der Waals surface area (Å²) in [4.78, 5) is 10.9. The molecule has 0 aliphatic rings. The molecule has 0 aliphatic carbocycles. The standard InChI is InChI=1S/C9H10ClFN2O/c10-5-1-2-6(8(11)3-5)7(4-12)9(13)14/h1-3,7H,4,12H2,(H2,13,14)/t7-/m1/s1. The van der Waals surface area contributed by atoms with Gasteiger partial charge in [-0.3, -0.25) is 4.79 Å². The summed E-state index contributed by atoms with van der Waals surface area (Å²) in [5.41, 5.74) is 10.6. The summed E-state index contributed by atoms with van der Waals surface area (Å²) in [6.45, 7) is -0.0200. The van der Waals surface area contributed by atoms with Gasteiger partial charge in [-0.1, -0.05) is 17.7 Å². The molecule has 0 saturated heterocycles. The van der Waals surface area contributed by atoms with Gasteiger partial charge in [-0.25, -0.2) is 4.39 Å². The molecule has 1 aromatic rings. The molecular weight excluding hydrogens is 207 g/mol. The highest BCUT2D eigenvalue weighted by atomic mass is 35.5. The Morgan fingerprint density at radius 3 is 2.64 bits per heavy atom. The molecule has 14 heavy (non-hydrogen) atoms. The van der Waals surface area contributed by atoms with Crippen LogP contribution in [0.5, 0.6) is 0 Å². The molecule has 0 heterocycles. The molecule has 0 spiro atoms. The summed E-state index contributed by atoms with van der Waals surface area (Å²) < 4.78 is 13.3. The van der Waals surface area contributed by atoms with Crippen LogP contribution in [-0.2, 0) is 4.79 Å². The van der Waals surface area contributed by atoms with E-state index in [2.05, 4.69) is 0 Å². The first-order valence-corrected chi connectivity index (χ1v) is 4.38. The van der Waals surface area contributed by atoms with Gasteiger partial charge in [0.05, 0.1) is 5.92 Å². The molecule has 0 fully saturated rings. The largest absolute Gasteiger partial charge is 0.369 e. The third kappa shape index (κ3) is 2.21. The van der Waals surface area contributed by atoms with Crippen molar-refractivity contribution in [2.45, 2.75) is 5.92 Å². The molecule has 0 aromatic heterocycles. The van der Waals surface area contributed by atoms with Crippen LogP contribution in [0.1, 0.15) is 11.5 Å². The van der Waals surface area contributed by atoms with Crippen LogP contribution in [0, 0.1) is 5.82 Å². The van der Waals surface area contributed by atoms with Crippen molar-refractivity contribution in [2.75, 3.05) is 6.54 Å². The van der Waals surface area contributed by atoms with E-state index in [0.717, 1.165) is 6.07 Å². The number of hydrogen-bond donors (Lipinski definition) is 2. The molecule has 1 amide bonds. The minimum atomic E-state index is -0.799. The average molecular weight is 217 g/mol. The zero-order valence-electron chi connectivity index (χ0n) is 7.34. The Kier molecular flexibility index (Phi) is 3.43. The topological polar surface area (TPSA) is 69.1 Å². The molecule has 1 aromatic carbocycles. The second-order valence-electron chi connectivity index (χ2n) is 2.86. The van der Waals surface area contributed by atoms with E-state index in [-0.39, 0.29) is 17.1 Å². The highest BCUT2D eigenvalue weighted by Crippen LogP contribution is 2.21. The zero-order chi connectivity index (χ0) is 10.7. The Hall–Kier alpha value is -1.13. The van der Waals surface area contributed by atoms with Crippen molar-refractivity contribution in [3.05, 3.63) is 34.6 Å². The Morgan fingerprint density at radius 2 is 2.21 bits per heavy atom. The summed E-state index contributed by atoms with van der Waals surface area (Å²) >= 11 is 5.56. The average Bonchev–Trinajstić information content (AvgIpc) is 2.09. The lowest BCUT2D eigenvalue weighted by molar-refractivity contribution is -0.119. The Morgan fingerprint density at radius 1 is 1.57 bits per heavy atom. The fourth-order valence-corrected chi connectivity index (χ4v) is 1.34. The zero-order valence-corrected chi connectivity index (χ0v) is 8.09. The van der Waals surface area contributed by atoms with Crippen LogP contribution in [0.2, 0.25) is 5.02 Å². The van der Waals surface area contributed by atoms with E-state index in [4.69, 9.17) is 23.1 Å². The van der Waals surface area contributed by atoms with Gasteiger partial charge in [0.2, 0.25) is 5.91 Å². The van der Waals surface area contributed by atoms with E-state index >= 15 is 0 Å². The second kappa shape index (κ2) is 4.39. The maximum atomic E-state index is 13.3. The van der Waals surface area contributed by atoms with Crippen LogP contribution >= 0.6 is 11.6 Å². The van der Waals surface area contributed by atoms with Crippen LogP contribution in [-0.4, -0.2) is 12.5 Å². The number of rotatable bonds is 3. The lowest BCUT2D eigenvalue weighted by atomic mass is 9.98. The Labute approximate surface area is 85.8 Å². The Balaban J connectivity index is 3.10. The predicted molar refractivity (Wildman–Crippen MR) is 52.4 cm³/mol. The Bertz CT molecular complexity index is 357. The number of primary amides is 1. The maximum Gasteiger partial charge on any atom is 0.226 e. The van der Waals surface area contributed by atoms with Gasteiger partial charge >= 0.3 is 0 Å². The van der Waals surface area contributed by atoms with E-state index < -0.39 is 17.6 Å². The van der Waals surface area contributed by atoms with Crippen LogP contribution in [0.3, 0.4) is 0 Å². The van der Waals surface area contributed by atoms with Gasteiger partial charge in [0.25, 0.3) is 0 Å². The van der Waals surface area contributed by atoms with Gasteiger partial charge in [0, 0.05) is 17.1 Å². The molecule has 1 atom stereocenters. The molecule has 0 bridgehead atoms. The molecule has 4 N–H and O–H groups in total. The molecule has 1 rings (SSSR count). The normalized spacial score (nSPS) is 12.5. The molecule has 0 aliphatic heterocycles. The van der Waals surface area contributed by atoms with Gasteiger partial charge in [-0.15, -0.1) is 0 Å². The number of benzene rings is 1. The van der Waals surface area contributed by atoms with Crippen LogP contribution in [0.25, 0.3) is 0 Å². The van der Waals surface area contributed by atoms with Gasteiger partial charge in [-0.05, 0) is 12.1 Å². The van der Waals surface area contributed by atoms with E-state index in [9.17, 15) is 9.18 Å². The minimum Gasteiger partial charge on any atom is -0.369 e. The van der Waals surface area contributed by atoms with Crippen molar-refractivity contribution in [3.8, 4) is 0 Å². The van der Waals surface area contributed by atoms with E-state index in [1.165, 1.54) is 12.1 Å². The second-order valence-corrected chi connectivity index (χ2v) is 3.29. The van der Waals surface area contributed by atoms with E-state index in [0.29, 0.717) is 0 Å². The summed E-state index contributed by atoms with van der Waals surface area (Å²) in [6.07, 6.45) is 0. The first-order chi connectivity index (χ1) is 6.56. The first-order valence-electron chi connectivity index (χ1n) is 4.00. The van der Waals surface area contributed by atoms with E-state index in [1.807, 2.05) is 0 Å². The summed E-state index contributed by atoms with van der Waals surface area (Å²) in [5.74, 6) is -2.01. The molecule has 0 radical (unpaired) electrons. The highest BCUT2D eigenvalue weighted by Gasteiger charge is 2.19. The lowest BCUT2D eigenvalue weighted by Crippen LogP contribution is -2.28. The lowest BCUT2D eigenvalue weighted by Gasteiger charge is -2.11. The highest BCUT2D eigenvalue weighted by molar-refractivity contribution is 6.30. The molecule has 76 valence electrons. The van der Waals surface area contributed by atoms with Gasteiger partial charge in [0.1, 0.15) is 5.82 Å². The van der Waals surface area contributed by atoms with Crippen molar-refractivity contribution in [2.24, 2.45) is 11.5 Å². The molecule has 0 unspecified atom stereocenters. The summed E-state index contributed by atoms with van der Waals surface area (Å²) in [7, 11) is 0. The SMILES string of the molecule is NC[C@@H](C(N)=O)c1ccc(Cl)cc1F. The van der Waals surface area contributed by atoms with Crippen LogP contribution in [0.4, 0.5) is 4.39 Å². The fraction of sp³-hybridized carbons (Fsp3) is 0.222. The van der Waals surface area contributed by atoms with Crippen LogP contribution < -0.4 is 11.5 Å². The molecule has 3 nitrogen and oxygen atoms in total. The first kappa shape index (κ1) is 10.9. The van der Waals surface area contributed by atoms with E-state index in [1.54, 1.807) is 0 Å². The third-order valence-corrected chi connectivity index (χ3v) is 2.15. The molecule has 0 saturated carbocycles. The van der Waals surface area contributed by atoms with Gasteiger partial charge in [0.15, 0.2) is 0 Å². The van der Waals surface area contributed by atoms with Crippen molar-refractivity contribution >= 4 is 17.5 Å². The summed E-state index contributed by atoms with van der Waals surface area (Å²) in [6, 6.07) is 4.04. The number of amides is 1. The van der Waals surface area contributed by atoms with Crippen molar-refractivity contribution in [1.29, 1.82) is 0 Å². The van der Waals surface area contributed by atoms with Crippen molar-refractivity contribution < 1.29 is 9.18 Å². The molecule has 5 heteroatoms. The number of nitrogens with two attached hydrogens (primary N) is 2. The number of hydrogen-bond acceptors (Lipinski definition) is 2. The number of carbonyl (C=O) groups excluding carboxylic acids is 1. The summed E-state index contributed by atoms with van der Waals surface area (Å²) in [5, 5.41) is 0.270. The number of carbonyl (C=O) groups is 1. The quantitative estimate of drug-likeness (QED) is 0.792. The van der Waals surface area contributed by atoms with Gasteiger partial charge < -0.3 is 11.5 Å². The van der Waals surface area contributed by atoms with Crippen molar-refractivity contribution in [3.63, 3.8) is 0 Å². The third-order valence-electron chi connectivity index (χ3n) is 1.92. The number of halogens is 2. The van der Waals surface area contributed by atoms with Crippen LogP contribution in [0.15, 0.2) is 18.2 Å². The fourth-order valence-electron chi connectivity index (χ4n) is 1.18. The van der Waals surface area contributed by atoms with Crippen molar-refractivity contribution in [1.82, 2.24) is 0 Å². The monoisotopic (exact) mass is 216 g/mol. The van der Waals surface area contributed by atoms with Gasteiger partial charge in [-0.2, -0.15) is 0 Å². The molecular formula is C9H10ClFN2O. The maximum absolute atomic E-state index is 13.3. The smallest absolute Gasteiger partial charge is 0.226 e.